The number of anilines is 1. The number of hydrogen-bond donors (Lipinski definition) is 2. The number of amides is 2. The van der Waals surface area contributed by atoms with E-state index in [0.717, 1.165) is 36.8 Å². The summed E-state index contributed by atoms with van der Waals surface area (Å²) < 4.78 is 0. The normalized spacial score (nSPS) is 28.1. The summed E-state index contributed by atoms with van der Waals surface area (Å²) in [5, 5.41) is 6.00. The van der Waals surface area contributed by atoms with Crippen molar-refractivity contribution in [2.24, 2.45) is 0 Å². The van der Waals surface area contributed by atoms with Gasteiger partial charge in [-0.1, -0.05) is 18.2 Å². The summed E-state index contributed by atoms with van der Waals surface area (Å²) in [7, 11) is 0. The molecule has 1 aliphatic carbocycles. The van der Waals surface area contributed by atoms with Crippen LogP contribution in [-0.2, 0) is 9.59 Å². The number of nitrogens with zero attached hydrogens (tertiary/aromatic N) is 1. The zero-order valence-electron chi connectivity index (χ0n) is 12.5. The van der Waals surface area contributed by atoms with E-state index >= 15 is 0 Å². The second kappa shape index (κ2) is 5.39. The molecule has 0 unspecified atom stereocenters. The maximum Gasteiger partial charge on any atom is 0.228 e. The van der Waals surface area contributed by atoms with Crippen LogP contribution in [0.15, 0.2) is 24.3 Å². The summed E-state index contributed by atoms with van der Waals surface area (Å²) in [6, 6.07) is 8.57. The van der Waals surface area contributed by atoms with Crippen LogP contribution in [0.2, 0.25) is 0 Å². The Morgan fingerprint density at radius 1 is 1.23 bits per heavy atom. The predicted molar refractivity (Wildman–Crippen MR) is 83.6 cm³/mol. The number of rotatable bonds is 3. The molecule has 1 saturated carbocycles. The smallest absolute Gasteiger partial charge is 0.228 e. The Kier molecular flexibility index (Phi) is 3.37. The molecule has 0 bridgehead atoms. The number of carbonyl (C=O) groups excluding carboxylic acids is 2. The number of para-hydroxylation sites is 1. The lowest BCUT2D eigenvalue weighted by atomic mass is 9.89. The highest BCUT2D eigenvalue weighted by molar-refractivity contribution is 6.01. The average Bonchev–Trinajstić information content (AvgIpc) is 3.26. The summed E-state index contributed by atoms with van der Waals surface area (Å²) in [5.41, 5.74) is 1.70. The van der Waals surface area contributed by atoms with Gasteiger partial charge in [-0.25, -0.2) is 0 Å². The minimum Gasteiger partial charge on any atom is -0.351 e. The molecule has 2 aliphatic heterocycles. The molecule has 2 amide bonds. The Bertz CT molecular complexity index is 612. The Hall–Kier alpha value is -1.88. The van der Waals surface area contributed by atoms with Crippen molar-refractivity contribution in [2.45, 2.75) is 43.7 Å². The van der Waals surface area contributed by atoms with E-state index in [2.05, 4.69) is 15.5 Å². The summed E-state index contributed by atoms with van der Waals surface area (Å²) in [6.45, 7) is 2.04. The minimum absolute atomic E-state index is 0.00931. The van der Waals surface area contributed by atoms with E-state index in [1.54, 1.807) is 0 Å². The van der Waals surface area contributed by atoms with Crippen molar-refractivity contribution in [1.82, 2.24) is 10.2 Å². The largest absolute Gasteiger partial charge is 0.351 e. The molecular formula is C17H21N3O2. The van der Waals surface area contributed by atoms with E-state index in [-0.39, 0.29) is 30.2 Å². The number of fused-ring (bicyclic) bond motifs is 1. The van der Waals surface area contributed by atoms with Crippen LogP contribution in [0.1, 0.15) is 37.2 Å². The lowest BCUT2D eigenvalue weighted by Gasteiger charge is -2.26. The van der Waals surface area contributed by atoms with Gasteiger partial charge in [-0.2, -0.15) is 0 Å². The molecule has 1 aromatic carbocycles. The van der Waals surface area contributed by atoms with Gasteiger partial charge in [-0.05, 0) is 30.9 Å². The quantitative estimate of drug-likeness (QED) is 0.888. The second-order valence-electron chi connectivity index (χ2n) is 6.61. The fourth-order valence-corrected chi connectivity index (χ4v) is 3.62. The zero-order valence-corrected chi connectivity index (χ0v) is 12.5. The molecule has 116 valence electrons. The van der Waals surface area contributed by atoms with Gasteiger partial charge < -0.3 is 10.6 Å². The molecule has 2 N–H and O–H groups in total. The molecule has 0 spiro atoms. The van der Waals surface area contributed by atoms with E-state index in [4.69, 9.17) is 0 Å². The zero-order chi connectivity index (χ0) is 15.1. The predicted octanol–water partition coefficient (Wildman–Crippen LogP) is 1.47. The van der Waals surface area contributed by atoms with Gasteiger partial charge in [0.15, 0.2) is 0 Å². The maximum absolute atomic E-state index is 12.6. The third-order valence-corrected chi connectivity index (χ3v) is 4.95. The minimum atomic E-state index is -0.361. The molecule has 4 rings (SSSR count). The van der Waals surface area contributed by atoms with Crippen molar-refractivity contribution >= 4 is 17.5 Å². The topological polar surface area (TPSA) is 61.4 Å². The van der Waals surface area contributed by atoms with Crippen LogP contribution in [0, 0.1) is 0 Å². The molecule has 5 nitrogen and oxygen atoms in total. The Morgan fingerprint density at radius 3 is 2.86 bits per heavy atom. The highest BCUT2D eigenvalue weighted by Crippen LogP contribution is 2.33. The lowest BCUT2D eigenvalue weighted by Crippen LogP contribution is -2.42. The fraction of sp³-hybridized carbons (Fsp3) is 0.529. The highest BCUT2D eigenvalue weighted by atomic mass is 16.2. The Labute approximate surface area is 130 Å². The van der Waals surface area contributed by atoms with E-state index in [9.17, 15) is 9.59 Å². The van der Waals surface area contributed by atoms with E-state index in [1.807, 2.05) is 24.3 Å². The first kappa shape index (κ1) is 13.8. The monoisotopic (exact) mass is 299 g/mol. The molecule has 2 heterocycles. The Morgan fingerprint density at radius 2 is 2.05 bits per heavy atom. The van der Waals surface area contributed by atoms with Gasteiger partial charge in [0.1, 0.15) is 0 Å². The van der Waals surface area contributed by atoms with Crippen molar-refractivity contribution in [3.63, 3.8) is 0 Å². The van der Waals surface area contributed by atoms with Crippen LogP contribution in [0.3, 0.4) is 0 Å². The second-order valence-corrected chi connectivity index (χ2v) is 6.61. The van der Waals surface area contributed by atoms with Gasteiger partial charge in [-0.15, -0.1) is 0 Å². The fourth-order valence-electron chi connectivity index (χ4n) is 3.62. The first-order valence-electron chi connectivity index (χ1n) is 8.14. The molecule has 0 aromatic heterocycles. The summed E-state index contributed by atoms with van der Waals surface area (Å²) in [4.78, 5) is 27.0. The maximum atomic E-state index is 12.6. The van der Waals surface area contributed by atoms with Crippen LogP contribution in [0.5, 0.6) is 0 Å². The Balaban J connectivity index is 1.45. The van der Waals surface area contributed by atoms with Gasteiger partial charge in [-0.3, -0.25) is 14.5 Å². The molecule has 22 heavy (non-hydrogen) atoms. The van der Waals surface area contributed by atoms with Gasteiger partial charge in [0.05, 0.1) is 5.92 Å². The number of likely N-dealkylation sites (tertiary alicyclic amines) is 1. The lowest BCUT2D eigenvalue weighted by molar-refractivity contribution is -0.126. The summed E-state index contributed by atoms with van der Waals surface area (Å²) in [6.07, 6.45) is 3.86. The van der Waals surface area contributed by atoms with Crippen molar-refractivity contribution < 1.29 is 9.59 Å². The van der Waals surface area contributed by atoms with E-state index < -0.39 is 0 Å². The molecule has 3 aliphatic rings. The number of benzene rings is 1. The number of nitrogens with one attached hydrogen (secondary N) is 2. The molecular weight excluding hydrogens is 278 g/mol. The van der Waals surface area contributed by atoms with Crippen molar-refractivity contribution in [3.05, 3.63) is 29.8 Å². The molecule has 5 heteroatoms. The third kappa shape index (κ3) is 2.61. The van der Waals surface area contributed by atoms with Crippen LogP contribution in [0.4, 0.5) is 5.69 Å². The first-order valence-corrected chi connectivity index (χ1v) is 8.14. The SMILES string of the molecule is O=C1C[C@H](C(=O)N[C@H]2CCN(C3CC3)C2)c2ccccc2N1. The van der Waals surface area contributed by atoms with Gasteiger partial charge in [0.25, 0.3) is 0 Å². The summed E-state index contributed by atoms with van der Waals surface area (Å²) in [5.74, 6) is -0.449. The molecule has 2 fully saturated rings. The summed E-state index contributed by atoms with van der Waals surface area (Å²) >= 11 is 0. The molecule has 1 saturated heterocycles. The van der Waals surface area contributed by atoms with Crippen molar-refractivity contribution in [2.75, 3.05) is 18.4 Å². The number of hydrogen-bond acceptors (Lipinski definition) is 3. The molecule has 1 aromatic rings. The average molecular weight is 299 g/mol. The van der Waals surface area contributed by atoms with Crippen molar-refractivity contribution in [3.8, 4) is 0 Å². The van der Waals surface area contributed by atoms with Gasteiger partial charge in [0.2, 0.25) is 11.8 Å². The standard InChI is InChI=1S/C17H21N3O2/c21-16-9-14(13-3-1-2-4-15(13)19-16)17(22)18-11-7-8-20(10-11)12-5-6-12/h1-4,11-12,14H,5-10H2,(H,18,22)(H,19,21)/t11-,14-/m0/s1. The van der Waals surface area contributed by atoms with Crippen LogP contribution < -0.4 is 10.6 Å². The van der Waals surface area contributed by atoms with Crippen LogP contribution >= 0.6 is 0 Å². The van der Waals surface area contributed by atoms with Crippen LogP contribution in [0.25, 0.3) is 0 Å². The first-order chi connectivity index (χ1) is 10.7. The van der Waals surface area contributed by atoms with Gasteiger partial charge >= 0.3 is 0 Å². The van der Waals surface area contributed by atoms with Crippen LogP contribution in [-0.4, -0.2) is 41.9 Å². The van der Waals surface area contributed by atoms with E-state index in [0.29, 0.717) is 0 Å². The van der Waals surface area contributed by atoms with Gasteiger partial charge in [0, 0.05) is 37.3 Å². The highest BCUT2D eigenvalue weighted by Gasteiger charge is 2.36. The molecule has 0 radical (unpaired) electrons. The van der Waals surface area contributed by atoms with E-state index in [1.165, 1.54) is 12.8 Å². The third-order valence-electron chi connectivity index (χ3n) is 4.95. The molecule has 2 atom stereocenters. The number of carbonyl (C=O) groups is 2. The van der Waals surface area contributed by atoms with Crippen molar-refractivity contribution in [1.29, 1.82) is 0 Å².